The van der Waals surface area contributed by atoms with E-state index in [2.05, 4.69) is 16.1 Å². The van der Waals surface area contributed by atoms with E-state index in [0.29, 0.717) is 5.92 Å². The van der Waals surface area contributed by atoms with Gasteiger partial charge in [-0.25, -0.2) is 4.98 Å². The molecular formula is C13H17ClN4. The van der Waals surface area contributed by atoms with Crippen LogP contribution in [0.5, 0.6) is 0 Å². The van der Waals surface area contributed by atoms with E-state index in [9.17, 15) is 0 Å². The summed E-state index contributed by atoms with van der Waals surface area (Å²) in [6, 6.07) is 3.81. The first-order chi connectivity index (χ1) is 8.74. The molecule has 1 saturated heterocycles. The Balaban J connectivity index is 1.75. The number of nitrogens with two attached hydrogens (primary N) is 1. The normalized spacial score (nSPS) is 20.9. The standard InChI is InChI=1S/C13H17ClN4/c14-11-1-2-13-16-12(9-18(13)7-11)8-17-4-3-10(5-15)6-17/h1-2,7,9-10H,3-6,8,15H2. The van der Waals surface area contributed by atoms with E-state index < -0.39 is 0 Å². The van der Waals surface area contributed by atoms with Crippen LogP contribution in [0.15, 0.2) is 24.5 Å². The maximum absolute atomic E-state index is 5.96. The molecule has 4 nitrogen and oxygen atoms in total. The predicted octanol–water partition coefficient (Wildman–Crippen LogP) is 1.77. The van der Waals surface area contributed by atoms with Gasteiger partial charge in [-0.3, -0.25) is 4.90 Å². The molecule has 1 fully saturated rings. The van der Waals surface area contributed by atoms with Crippen molar-refractivity contribution in [2.45, 2.75) is 13.0 Å². The molecule has 18 heavy (non-hydrogen) atoms. The number of likely N-dealkylation sites (tertiary alicyclic amines) is 1. The van der Waals surface area contributed by atoms with Crippen LogP contribution in [0.3, 0.4) is 0 Å². The summed E-state index contributed by atoms with van der Waals surface area (Å²) < 4.78 is 1.98. The van der Waals surface area contributed by atoms with Crippen LogP contribution in [-0.2, 0) is 6.54 Å². The Bertz CT molecular complexity index is 551. The molecule has 0 aromatic carbocycles. The van der Waals surface area contributed by atoms with E-state index in [1.807, 2.05) is 22.7 Å². The van der Waals surface area contributed by atoms with Gasteiger partial charge in [-0.05, 0) is 37.6 Å². The van der Waals surface area contributed by atoms with Gasteiger partial charge in [0, 0.05) is 25.5 Å². The zero-order valence-electron chi connectivity index (χ0n) is 10.2. The number of hydrogen-bond acceptors (Lipinski definition) is 3. The lowest BCUT2D eigenvalue weighted by Crippen LogP contribution is -2.22. The van der Waals surface area contributed by atoms with E-state index in [1.54, 1.807) is 0 Å². The van der Waals surface area contributed by atoms with Crippen molar-refractivity contribution >= 4 is 17.2 Å². The lowest BCUT2D eigenvalue weighted by atomic mass is 10.1. The molecule has 0 bridgehead atoms. The highest BCUT2D eigenvalue weighted by Gasteiger charge is 2.21. The summed E-state index contributed by atoms with van der Waals surface area (Å²) in [5, 5.41) is 0.732. The lowest BCUT2D eigenvalue weighted by molar-refractivity contribution is 0.314. The Hall–Kier alpha value is -1.10. The van der Waals surface area contributed by atoms with Crippen molar-refractivity contribution in [1.29, 1.82) is 0 Å². The van der Waals surface area contributed by atoms with Gasteiger partial charge in [0.25, 0.3) is 0 Å². The topological polar surface area (TPSA) is 46.6 Å². The van der Waals surface area contributed by atoms with E-state index >= 15 is 0 Å². The number of rotatable bonds is 3. The average molecular weight is 265 g/mol. The Morgan fingerprint density at radius 3 is 3.06 bits per heavy atom. The first-order valence-electron chi connectivity index (χ1n) is 6.30. The summed E-state index contributed by atoms with van der Waals surface area (Å²) in [7, 11) is 0. The molecule has 0 aliphatic carbocycles. The molecule has 0 spiro atoms. The van der Waals surface area contributed by atoms with Crippen molar-refractivity contribution in [1.82, 2.24) is 14.3 Å². The summed E-state index contributed by atoms with van der Waals surface area (Å²) in [4.78, 5) is 7.02. The molecule has 0 saturated carbocycles. The number of fused-ring (bicyclic) bond motifs is 1. The van der Waals surface area contributed by atoms with Gasteiger partial charge in [0.1, 0.15) is 5.65 Å². The van der Waals surface area contributed by atoms with Crippen molar-refractivity contribution < 1.29 is 0 Å². The molecule has 5 heteroatoms. The lowest BCUT2D eigenvalue weighted by Gasteiger charge is -2.13. The number of pyridine rings is 1. The molecule has 0 amide bonds. The van der Waals surface area contributed by atoms with Crippen molar-refractivity contribution in [2.75, 3.05) is 19.6 Å². The van der Waals surface area contributed by atoms with Crippen LogP contribution >= 0.6 is 11.6 Å². The van der Waals surface area contributed by atoms with Crippen LogP contribution in [0.25, 0.3) is 5.65 Å². The second-order valence-electron chi connectivity index (χ2n) is 4.97. The monoisotopic (exact) mass is 264 g/mol. The summed E-state index contributed by atoms with van der Waals surface area (Å²) in [5.41, 5.74) is 7.75. The van der Waals surface area contributed by atoms with Gasteiger partial charge in [-0.2, -0.15) is 0 Å². The van der Waals surface area contributed by atoms with Crippen LogP contribution in [0.4, 0.5) is 0 Å². The zero-order chi connectivity index (χ0) is 12.5. The van der Waals surface area contributed by atoms with E-state index in [0.717, 1.165) is 42.5 Å². The second-order valence-corrected chi connectivity index (χ2v) is 5.41. The minimum atomic E-state index is 0.650. The maximum atomic E-state index is 5.96. The maximum Gasteiger partial charge on any atom is 0.137 e. The Labute approximate surface area is 111 Å². The largest absolute Gasteiger partial charge is 0.330 e. The predicted molar refractivity (Wildman–Crippen MR) is 72.6 cm³/mol. The first kappa shape index (κ1) is 12.0. The third kappa shape index (κ3) is 2.36. The Morgan fingerprint density at radius 1 is 1.39 bits per heavy atom. The molecule has 1 aliphatic heterocycles. The number of halogens is 1. The SMILES string of the molecule is NCC1CCN(Cc2cn3cc(Cl)ccc3n2)C1. The molecule has 0 radical (unpaired) electrons. The Kier molecular flexibility index (Phi) is 3.24. The molecule has 2 aromatic rings. The fourth-order valence-electron chi connectivity index (χ4n) is 2.57. The minimum absolute atomic E-state index is 0.650. The molecular weight excluding hydrogens is 248 g/mol. The van der Waals surface area contributed by atoms with E-state index in [1.165, 1.54) is 6.42 Å². The third-order valence-corrected chi connectivity index (χ3v) is 3.78. The summed E-state index contributed by atoms with van der Waals surface area (Å²) in [6.45, 7) is 3.90. The molecule has 3 heterocycles. The van der Waals surface area contributed by atoms with Crippen molar-refractivity contribution in [2.24, 2.45) is 11.7 Å². The van der Waals surface area contributed by atoms with Crippen LogP contribution in [0.1, 0.15) is 12.1 Å². The minimum Gasteiger partial charge on any atom is -0.330 e. The van der Waals surface area contributed by atoms with Crippen LogP contribution in [-0.4, -0.2) is 33.9 Å². The number of imidazole rings is 1. The highest BCUT2D eigenvalue weighted by molar-refractivity contribution is 6.30. The second kappa shape index (κ2) is 4.88. The van der Waals surface area contributed by atoms with Gasteiger partial charge < -0.3 is 10.1 Å². The molecule has 2 aromatic heterocycles. The third-order valence-electron chi connectivity index (χ3n) is 3.55. The molecule has 1 unspecified atom stereocenters. The quantitative estimate of drug-likeness (QED) is 0.919. The molecule has 2 N–H and O–H groups in total. The van der Waals surface area contributed by atoms with Crippen LogP contribution < -0.4 is 5.73 Å². The summed E-state index contributed by atoms with van der Waals surface area (Å²) >= 11 is 5.96. The van der Waals surface area contributed by atoms with E-state index in [4.69, 9.17) is 17.3 Å². The van der Waals surface area contributed by atoms with Crippen molar-refractivity contribution in [3.63, 3.8) is 0 Å². The van der Waals surface area contributed by atoms with Gasteiger partial charge in [0.2, 0.25) is 0 Å². The zero-order valence-corrected chi connectivity index (χ0v) is 11.0. The molecule has 3 rings (SSSR count). The summed E-state index contributed by atoms with van der Waals surface area (Å²) in [6.07, 6.45) is 5.15. The summed E-state index contributed by atoms with van der Waals surface area (Å²) in [5.74, 6) is 0.650. The van der Waals surface area contributed by atoms with Gasteiger partial charge in [0.05, 0.1) is 10.7 Å². The Morgan fingerprint density at radius 2 is 2.28 bits per heavy atom. The first-order valence-corrected chi connectivity index (χ1v) is 6.68. The van der Waals surface area contributed by atoms with Crippen LogP contribution in [0.2, 0.25) is 5.02 Å². The number of nitrogens with zero attached hydrogens (tertiary/aromatic N) is 3. The van der Waals surface area contributed by atoms with E-state index in [-0.39, 0.29) is 0 Å². The van der Waals surface area contributed by atoms with Gasteiger partial charge >= 0.3 is 0 Å². The average Bonchev–Trinajstić information content (AvgIpc) is 2.95. The van der Waals surface area contributed by atoms with Crippen LogP contribution in [0, 0.1) is 5.92 Å². The van der Waals surface area contributed by atoms with Crippen molar-refractivity contribution in [3.8, 4) is 0 Å². The fraction of sp³-hybridized carbons (Fsp3) is 0.462. The molecule has 1 atom stereocenters. The fourth-order valence-corrected chi connectivity index (χ4v) is 2.74. The smallest absolute Gasteiger partial charge is 0.137 e. The van der Waals surface area contributed by atoms with Gasteiger partial charge in [-0.1, -0.05) is 11.6 Å². The molecule has 1 aliphatic rings. The number of hydrogen-bond donors (Lipinski definition) is 1. The highest BCUT2D eigenvalue weighted by Crippen LogP contribution is 2.18. The molecule has 96 valence electrons. The number of aromatic nitrogens is 2. The highest BCUT2D eigenvalue weighted by atomic mass is 35.5. The van der Waals surface area contributed by atoms with Gasteiger partial charge in [0.15, 0.2) is 0 Å². The van der Waals surface area contributed by atoms with Gasteiger partial charge in [-0.15, -0.1) is 0 Å². The van der Waals surface area contributed by atoms with Crippen molar-refractivity contribution in [3.05, 3.63) is 35.2 Å².